The predicted molar refractivity (Wildman–Crippen MR) is 104 cm³/mol. The summed E-state index contributed by atoms with van der Waals surface area (Å²) in [6.45, 7) is 1.27. The zero-order chi connectivity index (χ0) is 19.6. The van der Waals surface area contributed by atoms with Crippen molar-refractivity contribution in [2.24, 2.45) is 0 Å². The van der Waals surface area contributed by atoms with E-state index in [9.17, 15) is 19.2 Å². The van der Waals surface area contributed by atoms with Gasteiger partial charge in [-0.2, -0.15) is 0 Å². The maximum Gasteiger partial charge on any atom is 0.355 e. The Morgan fingerprint density at radius 3 is 2.11 bits per heavy atom. The molecule has 0 aliphatic carbocycles. The number of rotatable bonds is 5. The summed E-state index contributed by atoms with van der Waals surface area (Å²) in [5.41, 5.74) is 1.14. The normalized spacial score (nSPS) is 13.9. The van der Waals surface area contributed by atoms with E-state index in [0.29, 0.717) is 5.06 Å². The first-order valence-corrected chi connectivity index (χ1v) is 9.16. The number of carbonyl (C=O) groups excluding carboxylic acids is 4. The highest BCUT2D eigenvalue weighted by Gasteiger charge is 2.39. The smallest absolute Gasteiger partial charge is 0.343 e. The summed E-state index contributed by atoms with van der Waals surface area (Å²) in [5, 5.41) is 2.94. The largest absolute Gasteiger partial charge is 0.355 e. The van der Waals surface area contributed by atoms with Crippen molar-refractivity contribution in [3.63, 3.8) is 0 Å². The Hall–Kier alpha value is -2.75. The van der Waals surface area contributed by atoms with Crippen molar-refractivity contribution >= 4 is 46.3 Å². The van der Waals surface area contributed by atoms with Crippen molar-refractivity contribution in [1.82, 2.24) is 10.4 Å². The van der Waals surface area contributed by atoms with E-state index in [4.69, 9.17) is 4.84 Å². The van der Waals surface area contributed by atoms with E-state index in [1.165, 1.54) is 19.1 Å². The minimum absolute atomic E-state index is 0.165. The molecule has 0 fully saturated rings. The zero-order valence-electron chi connectivity index (χ0n) is 14.3. The van der Waals surface area contributed by atoms with E-state index < -0.39 is 29.7 Å². The Morgan fingerprint density at radius 1 is 1.04 bits per heavy atom. The number of hydroxylamine groups is 2. The maximum absolute atomic E-state index is 12.6. The van der Waals surface area contributed by atoms with Gasteiger partial charge in [-0.1, -0.05) is 29.3 Å². The molecular formula is C19H15IN2O5. The highest BCUT2D eigenvalue weighted by Crippen LogP contribution is 2.23. The Kier molecular flexibility index (Phi) is 5.54. The van der Waals surface area contributed by atoms with Gasteiger partial charge in [-0.3, -0.25) is 14.4 Å². The van der Waals surface area contributed by atoms with Crippen molar-refractivity contribution in [3.8, 4) is 0 Å². The molecule has 0 saturated carbocycles. The summed E-state index contributed by atoms with van der Waals surface area (Å²) in [5.74, 6) is -2.73. The molecule has 0 spiro atoms. The number of nitrogens with zero attached hydrogens (tertiary/aromatic N) is 1. The molecule has 3 rings (SSSR count). The van der Waals surface area contributed by atoms with Crippen molar-refractivity contribution in [3.05, 3.63) is 68.8 Å². The third-order valence-corrected chi connectivity index (χ3v) is 4.67. The second kappa shape index (κ2) is 7.87. The van der Waals surface area contributed by atoms with Gasteiger partial charge in [0.2, 0.25) is 5.91 Å². The highest BCUT2D eigenvalue weighted by atomic mass is 127. The molecule has 8 heteroatoms. The highest BCUT2D eigenvalue weighted by molar-refractivity contribution is 14.1. The summed E-state index contributed by atoms with van der Waals surface area (Å²) in [4.78, 5) is 53.7. The quantitative estimate of drug-likeness (QED) is 0.525. The molecule has 1 atom stereocenters. The van der Waals surface area contributed by atoms with Crippen LogP contribution in [0.1, 0.15) is 33.2 Å². The van der Waals surface area contributed by atoms with Gasteiger partial charge in [0.25, 0.3) is 11.8 Å². The summed E-state index contributed by atoms with van der Waals surface area (Å²) in [7, 11) is 0. The molecule has 0 aromatic heterocycles. The molecular weight excluding hydrogens is 463 g/mol. The number of imide groups is 1. The van der Waals surface area contributed by atoms with Crippen molar-refractivity contribution in [1.29, 1.82) is 0 Å². The number of carbonyl (C=O) groups is 4. The topological polar surface area (TPSA) is 92.8 Å². The zero-order valence-corrected chi connectivity index (χ0v) is 16.4. The monoisotopic (exact) mass is 478 g/mol. The number of nitrogens with one attached hydrogen (secondary N) is 1. The molecule has 0 radical (unpaired) electrons. The van der Waals surface area contributed by atoms with E-state index in [0.717, 1.165) is 9.13 Å². The van der Waals surface area contributed by atoms with Crippen LogP contribution in [0.4, 0.5) is 0 Å². The van der Waals surface area contributed by atoms with Gasteiger partial charge in [0.15, 0.2) is 0 Å². The lowest BCUT2D eigenvalue weighted by Crippen LogP contribution is -2.46. The average Bonchev–Trinajstić information content (AvgIpc) is 2.88. The van der Waals surface area contributed by atoms with Crippen LogP contribution in [0.2, 0.25) is 0 Å². The molecule has 1 aliphatic heterocycles. The van der Waals surface area contributed by atoms with Crippen LogP contribution in [0.25, 0.3) is 0 Å². The third-order valence-electron chi connectivity index (χ3n) is 3.95. The van der Waals surface area contributed by atoms with E-state index in [2.05, 4.69) is 27.9 Å². The molecule has 2 aromatic rings. The standard InChI is InChI=1S/C19H15IN2O5/c1-11(23)21-16(10-12-6-8-13(20)9-7-12)19(26)27-22-17(24)14-4-2-3-5-15(14)18(22)25/h2-9,16H,10H2,1H3,(H,21,23). The van der Waals surface area contributed by atoms with Crippen molar-refractivity contribution < 1.29 is 24.0 Å². The number of amides is 3. The van der Waals surface area contributed by atoms with Gasteiger partial charge in [0.05, 0.1) is 11.1 Å². The van der Waals surface area contributed by atoms with Gasteiger partial charge in [0.1, 0.15) is 6.04 Å². The Labute approximate surface area is 168 Å². The fourth-order valence-electron chi connectivity index (χ4n) is 2.70. The van der Waals surface area contributed by atoms with Crippen molar-refractivity contribution in [2.75, 3.05) is 0 Å². The predicted octanol–water partition coefficient (Wildman–Crippen LogP) is 2.09. The van der Waals surface area contributed by atoms with Gasteiger partial charge in [-0.25, -0.2) is 4.79 Å². The van der Waals surface area contributed by atoms with Crippen LogP contribution < -0.4 is 5.32 Å². The number of hydrogen-bond acceptors (Lipinski definition) is 5. The average molecular weight is 478 g/mol. The van der Waals surface area contributed by atoms with Crippen LogP contribution in [0.5, 0.6) is 0 Å². The Morgan fingerprint density at radius 2 is 1.59 bits per heavy atom. The minimum atomic E-state index is -1.04. The van der Waals surface area contributed by atoms with E-state index in [1.54, 1.807) is 12.1 Å². The summed E-state index contributed by atoms with van der Waals surface area (Å²) in [6, 6.07) is 12.6. The minimum Gasteiger partial charge on any atom is -0.343 e. The van der Waals surface area contributed by atoms with Crippen LogP contribution in [0.15, 0.2) is 48.5 Å². The molecule has 1 heterocycles. The van der Waals surface area contributed by atoms with Crippen LogP contribution in [0.3, 0.4) is 0 Å². The second-order valence-electron chi connectivity index (χ2n) is 5.94. The number of hydrogen-bond donors (Lipinski definition) is 1. The van der Waals surface area contributed by atoms with E-state index in [1.807, 2.05) is 24.3 Å². The van der Waals surface area contributed by atoms with Crippen LogP contribution in [-0.4, -0.2) is 34.8 Å². The summed E-state index contributed by atoms with van der Waals surface area (Å²) >= 11 is 2.16. The SMILES string of the molecule is CC(=O)NC(Cc1ccc(I)cc1)C(=O)ON1C(=O)c2ccccc2C1=O. The van der Waals surface area contributed by atoms with Gasteiger partial charge < -0.3 is 10.2 Å². The van der Waals surface area contributed by atoms with E-state index in [-0.39, 0.29) is 17.5 Å². The number of halogens is 1. The second-order valence-corrected chi connectivity index (χ2v) is 7.19. The van der Waals surface area contributed by atoms with Gasteiger partial charge >= 0.3 is 5.97 Å². The summed E-state index contributed by atoms with van der Waals surface area (Å²) in [6.07, 6.45) is 0.165. The number of benzene rings is 2. The number of fused-ring (bicyclic) bond motifs is 1. The van der Waals surface area contributed by atoms with Gasteiger partial charge in [0, 0.05) is 16.9 Å². The lowest BCUT2D eigenvalue weighted by molar-refractivity contribution is -0.171. The molecule has 1 aliphatic rings. The molecule has 3 amide bonds. The molecule has 1 N–H and O–H groups in total. The van der Waals surface area contributed by atoms with Crippen LogP contribution >= 0.6 is 22.6 Å². The summed E-state index contributed by atoms with van der Waals surface area (Å²) < 4.78 is 1.03. The molecule has 27 heavy (non-hydrogen) atoms. The lowest BCUT2D eigenvalue weighted by Gasteiger charge is -2.19. The van der Waals surface area contributed by atoms with Crippen LogP contribution in [-0.2, 0) is 20.8 Å². The third kappa shape index (κ3) is 4.16. The maximum atomic E-state index is 12.6. The molecule has 2 aromatic carbocycles. The first-order chi connectivity index (χ1) is 12.9. The first kappa shape index (κ1) is 19.0. The molecule has 7 nitrogen and oxygen atoms in total. The van der Waals surface area contributed by atoms with Gasteiger partial charge in [-0.05, 0) is 52.4 Å². The first-order valence-electron chi connectivity index (χ1n) is 8.08. The van der Waals surface area contributed by atoms with Gasteiger partial charge in [-0.15, -0.1) is 0 Å². The molecule has 138 valence electrons. The fraction of sp³-hybridized carbons (Fsp3) is 0.158. The molecule has 0 saturated heterocycles. The lowest BCUT2D eigenvalue weighted by atomic mass is 10.1. The molecule has 1 unspecified atom stereocenters. The van der Waals surface area contributed by atoms with E-state index >= 15 is 0 Å². The van der Waals surface area contributed by atoms with Crippen molar-refractivity contribution in [2.45, 2.75) is 19.4 Å². The Balaban J connectivity index is 1.77. The van der Waals surface area contributed by atoms with Crippen LogP contribution in [0, 0.1) is 3.57 Å². The fourth-order valence-corrected chi connectivity index (χ4v) is 3.06. The Bertz CT molecular complexity index is 891. The molecule has 0 bridgehead atoms.